The third-order valence-corrected chi connectivity index (χ3v) is 4.32. The number of piperidine rings is 1. The summed E-state index contributed by atoms with van der Waals surface area (Å²) in [6.45, 7) is 5.39. The van der Waals surface area contributed by atoms with Crippen molar-refractivity contribution in [3.05, 3.63) is 23.8 Å². The van der Waals surface area contributed by atoms with Gasteiger partial charge in [-0.3, -0.25) is 14.5 Å². The van der Waals surface area contributed by atoms with Crippen molar-refractivity contribution in [1.82, 2.24) is 4.90 Å². The number of hydrogen-bond acceptors (Lipinski definition) is 3. The van der Waals surface area contributed by atoms with Gasteiger partial charge in [-0.25, -0.2) is 0 Å². The summed E-state index contributed by atoms with van der Waals surface area (Å²) in [4.78, 5) is 28.4. The topological polar surface area (TPSA) is 49.9 Å². The number of carbonyl (C=O) groups is 2. The standard InChI is InChI=1S/C17H22N2O3/c1-12-6-7-15-14(10-12)19(17(21)13(2)22-15)11-16(20)18-8-4-3-5-9-18/h6-7,10,13H,3-5,8-9,11H2,1-2H3/t13-/m0/s1. The molecule has 1 aromatic rings. The maximum absolute atomic E-state index is 12.5. The lowest BCUT2D eigenvalue weighted by atomic mass is 10.1. The number of ether oxygens (including phenoxy) is 1. The molecule has 0 spiro atoms. The lowest BCUT2D eigenvalue weighted by Gasteiger charge is -2.35. The summed E-state index contributed by atoms with van der Waals surface area (Å²) in [5.74, 6) is 0.544. The van der Waals surface area contributed by atoms with E-state index in [1.54, 1.807) is 11.8 Å². The quantitative estimate of drug-likeness (QED) is 0.841. The van der Waals surface area contributed by atoms with Crippen LogP contribution in [0.5, 0.6) is 5.75 Å². The minimum absolute atomic E-state index is 0.0228. The molecule has 2 aliphatic heterocycles. The van der Waals surface area contributed by atoms with E-state index in [9.17, 15) is 9.59 Å². The van der Waals surface area contributed by atoms with Crippen molar-refractivity contribution in [1.29, 1.82) is 0 Å². The van der Waals surface area contributed by atoms with Crippen molar-refractivity contribution in [2.75, 3.05) is 24.5 Å². The zero-order valence-electron chi connectivity index (χ0n) is 13.2. The molecule has 5 heteroatoms. The lowest BCUT2D eigenvalue weighted by Crippen LogP contribution is -2.50. The molecule has 22 heavy (non-hydrogen) atoms. The van der Waals surface area contributed by atoms with Gasteiger partial charge in [0, 0.05) is 13.1 Å². The van der Waals surface area contributed by atoms with Gasteiger partial charge in [-0.15, -0.1) is 0 Å². The van der Waals surface area contributed by atoms with Gasteiger partial charge < -0.3 is 9.64 Å². The average Bonchev–Trinajstić information content (AvgIpc) is 2.53. The second kappa shape index (κ2) is 5.99. The Labute approximate surface area is 130 Å². The first kappa shape index (κ1) is 14.9. The molecule has 0 aliphatic carbocycles. The van der Waals surface area contributed by atoms with Crippen LogP contribution in [0.15, 0.2) is 18.2 Å². The number of rotatable bonds is 2. The second-order valence-electron chi connectivity index (χ2n) is 6.10. The maximum Gasteiger partial charge on any atom is 0.268 e. The van der Waals surface area contributed by atoms with E-state index in [-0.39, 0.29) is 18.4 Å². The maximum atomic E-state index is 12.5. The smallest absolute Gasteiger partial charge is 0.268 e. The number of benzene rings is 1. The van der Waals surface area contributed by atoms with E-state index >= 15 is 0 Å². The summed E-state index contributed by atoms with van der Waals surface area (Å²) < 4.78 is 5.64. The highest BCUT2D eigenvalue weighted by atomic mass is 16.5. The van der Waals surface area contributed by atoms with E-state index in [0.29, 0.717) is 11.4 Å². The molecule has 5 nitrogen and oxygen atoms in total. The van der Waals surface area contributed by atoms with Crippen molar-refractivity contribution in [3.63, 3.8) is 0 Å². The summed E-state index contributed by atoms with van der Waals surface area (Å²) in [5.41, 5.74) is 1.74. The Morgan fingerprint density at radius 3 is 2.73 bits per heavy atom. The Morgan fingerprint density at radius 2 is 2.00 bits per heavy atom. The van der Waals surface area contributed by atoms with Gasteiger partial charge in [0.15, 0.2) is 6.10 Å². The molecule has 118 valence electrons. The van der Waals surface area contributed by atoms with Crippen molar-refractivity contribution in [2.24, 2.45) is 0 Å². The van der Waals surface area contributed by atoms with Gasteiger partial charge in [0.05, 0.1) is 5.69 Å². The molecule has 0 saturated carbocycles. The highest BCUT2D eigenvalue weighted by molar-refractivity contribution is 6.03. The highest BCUT2D eigenvalue weighted by Gasteiger charge is 2.33. The summed E-state index contributed by atoms with van der Waals surface area (Å²) in [6.07, 6.45) is 2.73. The number of fused-ring (bicyclic) bond motifs is 1. The number of amides is 2. The molecule has 1 saturated heterocycles. The van der Waals surface area contributed by atoms with E-state index in [1.807, 2.05) is 30.0 Å². The zero-order valence-corrected chi connectivity index (χ0v) is 13.2. The number of aryl methyl sites for hydroxylation is 1. The third kappa shape index (κ3) is 2.80. The lowest BCUT2D eigenvalue weighted by molar-refractivity contribution is -0.133. The predicted octanol–water partition coefficient (Wildman–Crippen LogP) is 2.12. The van der Waals surface area contributed by atoms with Gasteiger partial charge in [0.1, 0.15) is 12.3 Å². The minimum atomic E-state index is -0.552. The van der Waals surface area contributed by atoms with Gasteiger partial charge in [-0.1, -0.05) is 6.07 Å². The minimum Gasteiger partial charge on any atom is -0.479 e. The third-order valence-electron chi connectivity index (χ3n) is 4.32. The van der Waals surface area contributed by atoms with Gasteiger partial charge in [-0.05, 0) is 50.8 Å². The average molecular weight is 302 g/mol. The molecule has 0 radical (unpaired) electrons. The van der Waals surface area contributed by atoms with Crippen LogP contribution in [0, 0.1) is 6.92 Å². The summed E-state index contributed by atoms with van der Waals surface area (Å²) in [6, 6.07) is 5.72. The molecule has 3 rings (SSSR count). The van der Waals surface area contributed by atoms with Crippen LogP contribution in [0.2, 0.25) is 0 Å². The molecule has 1 aromatic carbocycles. The Balaban J connectivity index is 1.83. The van der Waals surface area contributed by atoms with Crippen LogP contribution in [0.1, 0.15) is 31.7 Å². The van der Waals surface area contributed by atoms with E-state index in [2.05, 4.69) is 0 Å². The SMILES string of the molecule is Cc1ccc2c(c1)N(CC(=O)N1CCCCC1)C(=O)[C@H](C)O2. The van der Waals surface area contributed by atoms with Gasteiger partial charge >= 0.3 is 0 Å². The van der Waals surface area contributed by atoms with Crippen LogP contribution in [0.3, 0.4) is 0 Å². The molecule has 2 heterocycles. The van der Waals surface area contributed by atoms with Gasteiger partial charge in [0.25, 0.3) is 5.91 Å². The normalized spacial score (nSPS) is 21.4. The number of nitrogens with zero attached hydrogens (tertiary/aromatic N) is 2. The van der Waals surface area contributed by atoms with Crippen molar-refractivity contribution in [2.45, 2.75) is 39.2 Å². The number of carbonyl (C=O) groups excluding carboxylic acids is 2. The zero-order chi connectivity index (χ0) is 15.7. The van der Waals surface area contributed by atoms with Crippen LogP contribution >= 0.6 is 0 Å². The van der Waals surface area contributed by atoms with Crippen LogP contribution in [0.25, 0.3) is 0 Å². The molecular formula is C17H22N2O3. The first-order valence-electron chi connectivity index (χ1n) is 7.93. The highest BCUT2D eigenvalue weighted by Crippen LogP contribution is 2.34. The summed E-state index contributed by atoms with van der Waals surface area (Å²) >= 11 is 0. The molecule has 2 aliphatic rings. The molecule has 0 N–H and O–H groups in total. The Hall–Kier alpha value is -2.04. The fourth-order valence-corrected chi connectivity index (χ4v) is 3.06. The Kier molecular flexibility index (Phi) is 4.05. The first-order valence-corrected chi connectivity index (χ1v) is 7.93. The molecule has 2 amide bonds. The summed E-state index contributed by atoms with van der Waals surface area (Å²) in [5, 5.41) is 0. The van der Waals surface area contributed by atoms with Crippen LogP contribution in [-0.4, -0.2) is 42.5 Å². The van der Waals surface area contributed by atoms with E-state index in [0.717, 1.165) is 31.5 Å². The Morgan fingerprint density at radius 1 is 1.27 bits per heavy atom. The van der Waals surface area contributed by atoms with Crippen molar-refractivity contribution < 1.29 is 14.3 Å². The van der Waals surface area contributed by atoms with Gasteiger partial charge in [-0.2, -0.15) is 0 Å². The second-order valence-corrected chi connectivity index (χ2v) is 6.10. The molecule has 1 atom stereocenters. The van der Waals surface area contributed by atoms with Crippen molar-refractivity contribution in [3.8, 4) is 5.75 Å². The molecule has 0 aromatic heterocycles. The van der Waals surface area contributed by atoms with Crippen LogP contribution in [0.4, 0.5) is 5.69 Å². The van der Waals surface area contributed by atoms with E-state index in [1.165, 1.54) is 6.42 Å². The fourth-order valence-electron chi connectivity index (χ4n) is 3.06. The van der Waals surface area contributed by atoms with Crippen molar-refractivity contribution >= 4 is 17.5 Å². The summed E-state index contributed by atoms with van der Waals surface area (Å²) in [7, 11) is 0. The predicted molar refractivity (Wildman–Crippen MR) is 84.1 cm³/mol. The van der Waals surface area contributed by atoms with Crippen LogP contribution in [-0.2, 0) is 9.59 Å². The van der Waals surface area contributed by atoms with E-state index in [4.69, 9.17) is 4.74 Å². The largest absolute Gasteiger partial charge is 0.479 e. The molecule has 1 fully saturated rings. The first-order chi connectivity index (χ1) is 10.6. The Bertz CT molecular complexity index is 594. The molecular weight excluding hydrogens is 280 g/mol. The molecule has 0 unspecified atom stereocenters. The number of hydrogen-bond donors (Lipinski definition) is 0. The fraction of sp³-hybridized carbons (Fsp3) is 0.529. The van der Waals surface area contributed by atoms with Crippen LogP contribution < -0.4 is 9.64 Å². The number of likely N-dealkylation sites (tertiary alicyclic amines) is 1. The monoisotopic (exact) mass is 302 g/mol. The molecule has 0 bridgehead atoms. The van der Waals surface area contributed by atoms with Gasteiger partial charge in [0.2, 0.25) is 5.91 Å². The van der Waals surface area contributed by atoms with E-state index < -0.39 is 6.10 Å². The number of anilines is 1.